The summed E-state index contributed by atoms with van der Waals surface area (Å²) >= 11 is 4.76. The van der Waals surface area contributed by atoms with Crippen LogP contribution in [0.5, 0.6) is 0 Å². The number of benzene rings is 1. The molecule has 3 N–H and O–H groups in total. The van der Waals surface area contributed by atoms with Gasteiger partial charge in [0.1, 0.15) is 10.8 Å². The largest absolute Gasteiger partial charge is 0.389 e. The number of amides is 1. The molecule has 1 amide bonds. The Balaban J connectivity index is 2.00. The Labute approximate surface area is 111 Å². The van der Waals surface area contributed by atoms with Crippen molar-refractivity contribution in [3.8, 4) is 0 Å². The average molecular weight is 266 g/mol. The second kappa shape index (κ2) is 5.44. The molecule has 0 bridgehead atoms. The minimum Gasteiger partial charge on any atom is -0.389 e. The van der Waals surface area contributed by atoms with E-state index in [-0.39, 0.29) is 16.6 Å². The van der Waals surface area contributed by atoms with Gasteiger partial charge in [0.05, 0.1) is 5.69 Å². The van der Waals surface area contributed by atoms with Crippen molar-refractivity contribution in [2.24, 2.45) is 11.7 Å². The molecule has 0 unspecified atom stereocenters. The first-order valence-corrected chi connectivity index (χ1v) is 6.36. The van der Waals surface area contributed by atoms with Crippen molar-refractivity contribution in [2.45, 2.75) is 25.7 Å². The summed E-state index contributed by atoms with van der Waals surface area (Å²) in [5.74, 6) is -0.187. The minimum atomic E-state index is -0.512. The first-order valence-electron chi connectivity index (χ1n) is 5.95. The lowest BCUT2D eigenvalue weighted by Gasteiger charge is -2.24. The number of carbonyl (C=O) groups excluding carboxylic acids is 1. The van der Waals surface area contributed by atoms with Gasteiger partial charge in [-0.25, -0.2) is 4.39 Å². The Morgan fingerprint density at radius 3 is 2.72 bits per heavy atom. The van der Waals surface area contributed by atoms with Crippen LogP contribution in [0.3, 0.4) is 0 Å². The summed E-state index contributed by atoms with van der Waals surface area (Å²) in [5.41, 5.74) is 6.04. The van der Waals surface area contributed by atoms with Gasteiger partial charge in [-0.3, -0.25) is 4.79 Å². The van der Waals surface area contributed by atoms with Crippen LogP contribution in [0.4, 0.5) is 10.1 Å². The highest BCUT2D eigenvalue weighted by atomic mass is 32.1. The quantitative estimate of drug-likeness (QED) is 0.824. The zero-order valence-electron chi connectivity index (χ0n) is 9.91. The van der Waals surface area contributed by atoms with Crippen molar-refractivity contribution < 1.29 is 9.18 Å². The average Bonchev–Trinajstić information content (AvgIpc) is 2.26. The summed E-state index contributed by atoms with van der Waals surface area (Å²) in [7, 11) is 0. The first kappa shape index (κ1) is 13.0. The summed E-state index contributed by atoms with van der Waals surface area (Å²) in [4.78, 5) is 11.8. The Hall–Kier alpha value is -1.49. The van der Waals surface area contributed by atoms with Gasteiger partial charge in [-0.2, -0.15) is 0 Å². The lowest BCUT2D eigenvalue weighted by atomic mass is 9.83. The summed E-state index contributed by atoms with van der Waals surface area (Å²) in [5, 5.41) is 2.58. The van der Waals surface area contributed by atoms with Gasteiger partial charge in [0.25, 0.3) is 0 Å². The molecule has 3 nitrogen and oxygen atoms in total. The van der Waals surface area contributed by atoms with Gasteiger partial charge in [0.15, 0.2) is 0 Å². The standard InChI is InChI=1S/C13H15FN2OS/c14-10-7-9(13(15)18)4-5-11(10)16-12(17)6-8-2-1-3-8/h4-5,7-8H,1-3,6H2,(H2,15,18)(H,16,17). The van der Waals surface area contributed by atoms with Gasteiger partial charge in [-0.05, 0) is 37.0 Å². The normalized spacial score (nSPS) is 14.9. The highest BCUT2D eigenvalue weighted by Gasteiger charge is 2.21. The number of nitrogens with two attached hydrogens (primary N) is 1. The predicted molar refractivity (Wildman–Crippen MR) is 72.9 cm³/mol. The van der Waals surface area contributed by atoms with Crippen molar-refractivity contribution in [3.05, 3.63) is 29.6 Å². The molecule has 96 valence electrons. The molecule has 0 saturated heterocycles. The zero-order valence-corrected chi connectivity index (χ0v) is 10.7. The van der Waals surface area contributed by atoms with E-state index in [1.54, 1.807) is 6.07 Å². The molecule has 1 aliphatic rings. The van der Waals surface area contributed by atoms with Crippen LogP contribution in [0.15, 0.2) is 18.2 Å². The second-order valence-electron chi connectivity index (χ2n) is 4.61. The van der Waals surface area contributed by atoms with Gasteiger partial charge < -0.3 is 11.1 Å². The Morgan fingerprint density at radius 1 is 1.50 bits per heavy atom. The van der Waals surface area contributed by atoms with Crippen LogP contribution in [-0.2, 0) is 4.79 Å². The third-order valence-electron chi connectivity index (χ3n) is 3.23. The van der Waals surface area contributed by atoms with E-state index < -0.39 is 5.82 Å². The number of rotatable bonds is 4. The van der Waals surface area contributed by atoms with Gasteiger partial charge >= 0.3 is 0 Å². The first-order chi connectivity index (χ1) is 8.56. The van der Waals surface area contributed by atoms with Crippen molar-refractivity contribution in [1.29, 1.82) is 0 Å². The van der Waals surface area contributed by atoms with E-state index in [9.17, 15) is 9.18 Å². The molecule has 1 aromatic carbocycles. The number of thiocarbonyl (C=S) groups is 1. The van der Waals surface area contributed by atoms with E-state index in [4.69, 9.17) is 18.0 Å². The lowest BCUT2D eigenvalue weighted by Crippen LogP contribution is -2.21. The van der Waals surface area contributed by atoms with E-state index in [2.05, 4.69) is 5.32 Å². The van der Waals surface area contributed by atoms with Gasteiger partial charge in [0.2, 0.25) is 5.91 Å². The van der Waals surface area contributed by atoms with Gasteiger partial charge in [-0.1, -0.05) is 18.6 Å². The van der Waals surface area contributed by atoms with Gasteiger partial charge in [0, 0.05) is 12.0 Å². The smallest absolute Gasteiger partial charge is 0.224 e. The summed E-state index contributed by atoms with van der Waals surface area (Å²) in [6, 6.07) is 4.33. The molecule has 1 saturated carbocycles. The molecule has 0 atom stereocenters. The molecule has 0 spiro atoms. The third-order valence-corrected chi connectivity index (χ3v) is 3.46. The van der Waals surface area contributed by atoms with E-state index in [0.717, 1.165) is 12.8 Å². The highest BCUT2D eigenvalue weighted by Crippen LogP contribution is 2.29. The summed E-state index contributed by atoms with van der Waals surface area (Å²) < 4.78 is 13.7. The lowest BCUT2D eigenvalue weighted by molar-refractivity contribution is -0.117. The van der Waals surface area contributed by atoms with Crippen molar-refractivity contribution in [3.63, 3.8) is 0 Å². The second-order valence-corrected chi connectivity index (χ2v) is 5.05. The molecule has 1 aromatic rings. The molecule has 5 heteroatoms. The molecule has 1 fully saturated rings. The molecule has 1 aliphatic carbocycles. The van der Waals surface area contributed by atoms with E-state index in [0.29, 0.717) is 17.9 Å². The topological polar surface area (TPSA) is 55.1 Å². The van der Waals surface area contributed by atoms with E-state index >= 15 is 0 Å². The Bertz CT molecular complexity index is 486. The van der Waals surface area contributed by atoms with Crippen molar-refractivity contribution in [2.75, 3.05) is 5.32 Å². The number of carbonyl (C=O) groups is 1. The number of anilines is 1. The molecular weight excluding hydrogens is 251 g/mol. The van der Waals surface area contributed by atoms with Crippen molar-refractivity contribution >= 4 is 28.8 Å². The summed E-state index contributed by atoms with van der Waals surface area (Å²) in [6.45, 7) is 0. The number of hydrogen-bond donors (Lipinski definition) is 2. The van der Waals surface area contributed by atoms with E-state index in [1.807, 2.05) is 0 Å². The fraction of sp³-hybridized carbons (Fsp3) is 0.385. The van der Waals surface area contributed by atoms with Crippen LogP contribution in [0.2, 0.25) is 0 Å². The van der Waals surface area contributed by atoms with Crippen LogP contribution in [0.25, 0.3) is 0 Å². The van der Waals surface area contributed by atoms with Crippen molar-refractivity contribution in [1.82, 2.24) is 0 Å². The molecule has 0 radical (unpaired) electrons. The monoisotopic (exact) mass is 266 g/mol. The Kier molecular flexibility index (Phi) is 3.91. The maximum absolute atomic E-state index is 13.7. The third kappa shape index (κ3) is 3.04. The van der Waals surface area contributed by atoms with Crippen LogP contribution < -0.4 is 11.1 Å². The maximum atomic E-state index is 13.7. The molecule has 0 heterocycles. The van der Waals surface area contributed by atoms with Crippen LogP contribution in [-0.4, -0.2) is 10.9 Å². The van der Waals surface area contributed by atoms with Crippen LogP contribution >= 0.6 is 12.2 Å². The summed E-state index contributed by atoms with van der Waals surface area (Å²) in [6.07, 6.45) is 3.85. The number of hydrogen-bond acceptors (Lipinski definition) is 2. The molecule has 18 heavy (non-hydrogen) atoms. The van der Waals surface area contributed by atoms with E-state index in [1.165, 1.54) is 18.6 Å². The predicted octanol–water partition coefficient (Wildman–Crippen LogP) is 2.59. The minimum absolute atomic E-state index is 0.137. The molecule has 0 aromatic heterocycles. The molecule has 0 aliphatic heterocycles. The SMILES string of the molecule is NC(=S)c1ccc(NC(=O)CC2CCC2)c(F)c1. The molecular formula is C13H15FN2OS. The maximum Gasteiger partial charge on any atom is 0.224 e. The fourth-order valence-corrected chi connectivity index (χ4v) is 2.06. The van der Waals surface area contributed by atoms with Crippen LogP contribution in [0, 0.1) is 11.7 Å². The molecule has 2 rings (SSSR count). The number of nitrogens with one attached hydrogen (secondary N) is 1. The Morgan fingerprint density at radius 2 is 2.22 bits per heavy atom. The zero-order chi connectivity index (χ0) is 13.1. The fourth-order valence-electron chi connectivity index (χ4n) is 1.93. The van der Waals surface area contributed by atoms with Gasteiger partial charge in [-0.15, -0.1) is 0 Å². The highest BCUT2D eigenvalue weighted by molar-refractivity contribution is 7.80. The number of halogens is 1. The van der Waals surface area contributed by atoms with Crippen LogP contribution in [0.1, 0.15) is 31.2 Å².